The van der Waals surface area contributed by atoms with Crippen LogP contribution in [0.1, 0.15) is 113 Å². The van der Waals surface area contributed by atoms with Crippen molar-refractivity contribution in [2.45, 2.75) is 112 Å². The van der Waals surface area contributed by atoms with Gasteiger partial charge in [-0.3, -0.25) is 4.79 Å². The number of pyridine rings is 1. The van der Waals surface area contributed by atoms with E-state index in [1.54, 1.807) is 0 Å². The molecular weight excluding hydrogens is 771 g/mol. The number of aliphatic hydroxyl groups is 1. The zero-order valence-corrected chi connectivity index (χ0v) is 32.5. The first-order valence-electron chi connectivity index (χ1n) is 18.4. The van der Waals surface area contributed by atoms with Gasteiger partial charge in [0.1, 0.15) is 5.58 Å². The number of fused-ring (bicyclic) bond motifs is 5. The van der Waals surface area contributed by atoms with E-state index in [1.165, 1.54) is 17.2 Å². The third-order valence-corrected chi connectivity index (χ3v) is 10.5. The van der Waals surface area contributed by atoms with Crippen LogP contribution >= 0.6 is 0 Å². The normalized spacial score (nSPS) is 15.9. The summed E-state index contributed by atoms with van der Waals surface area (Å²) in [5.74, 6) is 0.547. The number of aromatic nitrogens is 1. The van der Waals surface area contributed by atoms with Crippen LogP contribution in [0.4, 0.5) is 0 Å². The molecule has 1 N–H and O–H groups in total. The van der Waals surface area contributed by atoms with Crippen molar-refractivity contribution in [1.82, 2.24) is 4.98 Å². The third kappa shape index (κ3) is 7.33. The number of aliphatic hydroxyl groups excluding tert-OH is 1. The number of aryl methyl sites for hydroxylation is 1. The molecule has 4 nitrogen and oxygen atoms in total. The summed E-state index contributed by atoms with van der Waals surface area (Å²) in [4.78, 5) is 16.4. The SMILES string of the molecule is CCC(CC)C(=O)/C=C(\O)C(CC)CC.[2H]c1nc(-c2[c-]c(C)cc3c2oc2ccccc23)c2cc3c(cc2c1[2H])C(C)(C)CCC3(C)C.[Ir]. The zero-order chi connectivity index (χ0) is 35.8. The molecule has 0 unspecified atom stereocenters. The monoisotopic (exact) mass is 825 g/mol. The molecule has 1 aliphatic rings. The van der Waals surface area contributed by atoms with E-state index in [4.69, 9.17) is 7.16 Å². The molecule has 257 valence electrons. The molecule has 0 saturated heterocycles. The molecule has 5 aromatic rings. The van der Waals surface area contributed by atoms with E-state index in [9.17, 15) is 9.90 Å². The van der Waals surface area contributed by atoms with Crippen LogP contribution in [0.3, 0.4) is 0 Å². The third-order valence-electron chi connectivity index (χ3n) is 10.5. The molecular formula is C43H52IrNO3-. The fourth-order valence-electron chi connectivity index (χ4n) is 7.16. The summed E-state index contributed by atoms with van der Waals surface area (Å²) < 4.78 is 23.6. The number of nitrogens with zero attached hydrogens (tertiary/aromatic N) is 1. The average Bonchev–Trinajstić information content (AvgIpc) is 3.44. The Bertz CT molecular complexity index is 2050. The Labute approximate surface area is 303 Å². The van der Waals surface area contributed by atoms with Gasteiger partial charge in [-0.05, 0) is 89.1 Å². The van der Waals surface area contributed by atoms with Crippen molar-refractivity contribution < 1.29 is 37.2 Å². The van der Waals surface area contributed by atoms with Crippen LogP contribution < -0.4 is 0 Å². The van der Waals surface area contributed by atoms with Gasteiger partial charge < -0.3 is 14.5 Å². The molecule has 0 fully saturated rings. The summed E-state index contributed by atoms with van der Waals surface area (Å²) in [6.07, 6.45) is 7.09. The first-order valence-corrected chi connectivity index (χ1v) is 17.4. The summed E-state index contributed by atoms with van der Waals surface area (Å²) in [5.41, 5.74) is 6.63. The average molecular weight is 825 g/mol. The van der Waals surface area contributed by atoms with Gasteiger partial charge in [0.15, 0.2) is 5.78 Å². The van der Waals surface area contributed by atoms with Gasteiger partial charge in [0, 0.05) is 49.6 Å². The number of hydrogen-bond acceptors (Lipinski definition) is 4. The fraction of sp³-hybridized carbons (Fsp3) is 0.442. The van der Waals surface area contributed by atoms with Crippen molar-refractivity contribution in [2.24, 2.45) is 11.8 Å². The first-order chi connectivity index (χ1) is 23.2. The molecule has 2 heterocycles. The molecule has 0 amide bonds. The second-order valence-corrected chi connectivity index (χ2v) is 14.6. The van der Waals surface area contributed by atoms with Gasteiger partial charge >= 0.3 is 0 Å². The second kappa shape index (κ2) is 15.1. The van der Waals surface area contributed by atoms with Gasteiger partial charge in [-0.1, -0.05) is 104 Å². The van der Waals surface area contributed by atoms with Crippen LogP contribution in [0.2, 0.25) is 0 Å². The Hall–Kier alpha value is -3.27. The minimum absolute atomic E-state index is 0. The van der Waals surface area contributed by atoms with E-state index in [0.717, 1.165) is 82.4 Å². The van der Waals surface area contributed by atoms with Crippen LogP contribution in [-0.4, -0.2) is 15.9 Å². The summed E-state index contributed by atoms with van der Waals surface area (Å²) in [6, 6.07) is 18.2. The Morgan fingerprint density at radius 3 is 2.17 bits per heavy atom. The maximum Gasteiger partial charge on any atom is 0.162 e. The van der Waals surface area contributed by atoms with Crippen molar-refractivity contribution in [3.05, 3.63) is 89.3 Å². The number of rotatable bonds is 8. The Morgan fingerprint density at radius 1 is 0.938 bits per heavy atom. The van der Waals surface area contributed by atoms with E-state index >= 15 is 0 Å². The van der Waals surface area contributed by atoms with Gasteiger partial charge in [0.2, 0.25) is 0 Å². The minimum atomic E-state index is -0.0190. The Kier molecular flexibility index (Phi) is 10.9. The quantitative estimate of drug-likeness (QED) is 0.0962. The smallest absolute Gasteiger partial charge is 0.162 e. The first kappa shape index (κ1) is 34.6. The van der Waals surface area contributed by atoms with Crippen molar-refractivity contribution >= 4 is 38.5 Å². The Balaban J connectivity index is 0.000000301. The number of allylic oxidation sites excluding steroid dienone is 2. The van der Waals surface area contributed by atoms with Crippen LogP contribution in [0.15, 0.2) is 70.9 Å². The van der Waals surface area contributed by atoms with E-state index < -0.39 is 0 Å². The molecule has 0 saturated carbocycles. The summed E-state index contributed by atoms with van der Waals surface area (Å²) in [6.45, 7) is 19.3. The minimum Gasteiger partial charge on any atom is -0.512 e. The number of para-hydroxylation sites is 1. The summed E-state index contributed by atoms with van der Waals surface area (Å²) in [5, 5.41) is 13.5. The number of carbonyl (C=O) groups is 1. The molecule has 1 aliphatic carbocycles. The van der Waals surface area contributed by atoms with E-state index in [0.29, 0.717) is 5.69 Å². The number of hydrogen-bond donors (Lipinski definition) is 1. The van der Waals surface area contributed by atoms with Crippen LogP contribution in [0.25, 0.3) is 44.0 Å². The van der Waals surface area contributed by atoms with Crippen LogP contribution in [-0.2, 0) is 35.7 Å². The molecule has 3 aromatic carbocycles. The van der Waals surface area contributed by atoms with Crippen molar-refractivity contribution in [2.75, 3.05) is 0 Å². The van der Waals surface area contributed by atoms with Gasteiger partial charge in [0.25, 0.3) is 0 Å². The van der Waals surface area contributed by atoms with Crippen molar-refractivity contribution in [3.8, 4) is 11.3 Å². The van der Waals surface area contributed by atoms with Crippen LogP contribution in [0, 0.1) is 24.8 Å². The second-order valence-electron chi connectivity index (χ2n) is 14.6. The molecule has 48 heavy (non-hydrogen) atoms. The standard InChI is InChI=1S/C30H28NO.C13H24O2.Ir/c1-18-14-22-20-8-6-7-9-26(20)32-28(22)23(15-18)27-21-17-25-24(16-19(21)10-13-31-27)29(2,3)11-12-30(25,4)5;1-5-10(6-2)12(14)9-13(15)11(7-3)8-4;/h6-10,13-14,16-17H,11-12H2,1-5H3;9-11,14H,5-8H2,1-4H3;/q-1;;/b;12-9-;/i10D,13D;;. The van der Waals surface area contributed by atoms with Crippen molar-refractivity contribution in [1.29, 1.82) is 0 Å². The van der Waals surface area contributed by atoms with Crippen LogP contribution in [0.5, 0.6) is 0 Å². The van der Waals surface area contributed by atoms with Gasteiger partial charge in [0.05, 0.1) is 14.1 Å². The molecule has 0 atom stereocenters. The predicted molar refractivity (Wildman–Crippen MR) is 197 cm³/mol. The molecule has 5 heteroatoms. The largest absolute Gasteiger partial charge is 0.512 e. The molecule has 2 aromatic heterocycles. The summed E-state index contributed by atoms with van der Waals surface area (Å²) in [7, 11) is 0. The number of ketones is 1. The maximum absolute atomic E-state index is 11.7. The topological polar surface area (TPSA) is 63.3 Å². The van der Waals surface area contributed by atoms with Gasteiger partial charge in [-0.2, -0.15) is 0 Å². The predicted octanol–water partition coefficient (Wildman–Crippen LogP) is 12.1. The number of benzene rings is 3. The number of furan rings is 1. The molecule has 0 bridgehead atoms. The molecule has 1 radical (unpaired) electrons. The summed E-state index contributed by atoms with van der Waals surface area (Å²) >= 11 is 0. The zero-order valence-electron chi connectivity index (χ0n) is 32.1. The van der Waals surface area contributed by atoms with E-state index in [1.807, 2.05) is 52.8 Å². The van der Waals surface area contributed by atoms with Gasteiger partial charge in [-0.15, -0.1) is 17.7 Å². The van der Waals surface area contributed by atoms with E-state index in [2.05, 4.69) is 63.0 Å². The number of carbonyl (C=O) groups excluding carboxylic acids is 1. The van der Waals surface area contributed by atoms with Gasteiger partial charge in [-0.25, -0.2) is 0 Å². The van der Waals surface area contributed by atoms with Crippen molar-refractivity contribution in [3.63, 3.8) is 0 Å². The fourth-order valence-corrected chi connectivity index (χ4v) is 7.16. The molecule has 0 aliphatic heterocycles. The molecule has 0 spiro atoms. The molecule has 6 rings (SSSR count). The Morgan fingerprint density at radius 2 is 1.54 bits per heavy atom. The van der Waals surface area contributed by atoms with E-state index in [-0.39, 0.29) is 66.5 Å². The maximum atomic E-state index is 11.7.